The lowest BCUT2D eigenvalue weighted by Gasteiger charge is -1.95. The molecule has 0 fully saturated rings. The fourth-order valence-electron chi connectivity index (χ4n) is 1.00. The number of terminal acetylenes is 1. The SMILES string of the molecule is C#CC(O)C=CCc1ccccc1. The molecule has 0 aliphatic carbocycles. The van der Waals surface area contributed by atoms with Gasteiger partial charge in [0.1, 0.15) is 6.10 Å². The summed E-state index contributed by atoms with van der Waals surface area (Å²) in [7, 11) is 0. The molecule has 1 unspecified atom stereocenters. The van der Waals surface area contributed by atoms with Crippen LogP contribution in [0.25, 0.3) is 0 Å². The van der Waals surface area contributed by atoms with Gasteiger partial charge in [-0.1, -0.05) is 42.3 Å². The first-order chi connectivity index (χ1) is 6.33. The highest BCUT2D eigenvalue weighted by atomic mass is 16.3. The molecule has 1 N–H and O–H groups in total. The molecule has 1 heteroatoms. The van der Waals surface area contributed by atoms with E-state index in [2.05, 4.69) is 5.92 Å². The van der Waals surface area contributed by atoms with Crippen molar-refractivity contribution in [3.63, 3.8) is 0 Å². The molecule has 0 aliphatic rings. The molecule has 0 amide bonds. The van der Waals surface area contributed by atoms with Crippen molar-refractivity contribution < 1.29 is 5.11 Å². The predicted octanol–water partition coefficient (Wildman–Crippen LogP) is 1.78. The van der Waals surface area contributed by atoms with Crippen LogP contribution in [0.15, 0.2) is 42.5 Å². The molecule has 0 saturated heterocycles. The fraction of sp³-hybridized carbons (Fsp3) is 0.167. The van der Waals surface area contributed by atoms with Crippen molar-refractivity contribution in [2.75, 3.05) is 0 Å². The van der Waals surface area contributed by atoms with Gasteiger partial charge in [0.05, 0.1) is 0 Å². The first-order valence-electron chi connectivity index (χ1n) is 4.17. The lowest BCUT2D eigenvalue weighted by molar-refractivity contribution is 0.280. The van der Waals surface area contributed by atoms with Crippen molar-refractivity contribution >= 4 is 0 Å². The number of benzene rings is 1. The molecule has 0 saturated carbocycles. The van der Waals surface area contributed by atoms with Crippen LogP contribution in [0.4, 0.5) is 0 Å². The highest BCUT2D eigenvalue weighted by Gasteiger charge is 1.89. The van der Waals surface area contributed by atoms with Gasteiger partial charge in [0, 0.05) is 0 Å². The van der Waals surface area contributed by atoms with Gasteiger partial charge in [-0.15, -0.1) is 6.42 Å². The van der Waals surface area contributed by atoms with E-state index in [1.165, 1.54) is 5.56 Å². The molecule has 0 aliphatic heterocycles. The van der Waals surface area contributed by atoms with E-state index < -0.39 is 6.10 Å². The summed E-state index contributed by atoms with van der Waals surface area (Å²) in [6, 6.07) is 10.0. The van der Waals surface area contributed by atoms with Gasteiger partial charge in [-0.2, -0.15) is 0 Å². The van der Waals surface area contributed by atoms with Gasteiger partial charge in [-0.3, -0.25) is 0 Å². The number of aliphatic hydroxyl groups is 1. The van der Waals surface area contributed by atoms with Gasteiger partial charge in [0.25, 0.3) is 0 Å². The molecule has 1 aromatic rings. The van der Waals surface area contributed by atoms with Crippen molar-refractivity contribution in [1.82, 2.24) is 0 Å². The Balaban J connectivity index is 2.45. The summed E-state index contributed by atoms with van der Waals surface area (Å²) < 4.78 is 0. The van der Waals surface area contributed by atoms with Gasteiger partial charge in [0.2, 0.25) is 0 Å². The molecule has 0 aromatic heterocycles. The van der Waals surface area contributed by atoms with Crippen LogP contribution >= 0.6 is 0 Å². The highest BCUT2D eigenvalue weighted by molar-refractivity contribution is 5.18. The smallest absolute Gasteiger partial charge is 0.133 e. The van der Waals surface area contributed by atoms with Gasteiger partial charge in [0.15, 0.2) is 0 Å². The molecule has 1 rings (SSSR count). The largest absolute Gasteiger partial charge is 0.377 e. The molecule has 0 spiro atoms. The summed E-state index contributed by atoms with van der Waals surface area (Å²) in [6.45, 7) is 0. The minimum absolute atomic E-state index is 0.760. The summed E-state index contributed by atoms with van der Waals surface area (Å²) in [6.07, 6.45) is 8.54. The van der Waals surface area contributed by atoms with E-state index in [0.717, 1.165) is 6.42 Å². The highest BCUT2D eigenvalue weighted by Crippen LogP contribution is 2.00. The minimum atomic E-state index is -0.760. The third-order valence-corrected chi connectivity index (χ3v) is 1.69. The summed E-state index contributed by atoms with van der Waals surface area (Å²) in [4.78, 5) is 0. The fourth-order valence-corrected chi connectivity index (χ4v) is 1.00. The zero-order chi connectivity index (χ0) is 9.52. The maximum Gasteiger partial charge on any atom is 0.133 e. The van der Waals surface area contributed by atoms with Crippen LogP contribution in [-0.2, 0) is 6.42 Å². The second-order valence-corrected chi connectivity index (χ2v) is 2.73. The summed E-state index contributed by atoms with van der Waals surface area (Å²) >= 11 is 0. The molecular formula is C12H12O. The molecule has 0 bridgehead atoms. The van der Waals surface area contributed by atoms with Crippen LogP contribution in [0.2, 0.25) is 0 Å². The van der Waals surface area contributed by atoms with Crippen molar-refractivity contribution in [3.8, 4) is 12.3 Å². The standard InChI is InChI=1S/C12H12O/c1-2-12(13)10-6-9-11-7-4-3-5-8-11/h1,3-8,10,12-13H,9H2. The Morgan fingerprint density at radius 3 is 2.69 bits per heavy atom. The Bertz CT molecular complexity index is 306. The Morgan fingerprint density at radius 1 is 1.38 bits per heavy atom. The second kappa shape index (κ2) is 5.18. The number of rotatable bonds is 3. The molecule has 66 valence electrons. The first kappa shape index (κ1) is 9.57. The molecule has 0 radical (unpaired) electrons. The van der Waals surface area contributed by atoms with Gasteiger partial charge in [-0.25, -0.2) is 0 Å². The monoisotopic (exact) mass is 172 g/mol. The molecule has 13 heavy (non-hydrogen) atoms. The number of aliphatic hydroxyl groups excluding tert-OH is 1. The second-order valence-electron chi connectivity index (χ2n) is 2.73. The normalized spacial score (nSPS) is 12.6. The topological polar surface area (TPSA) is 20.2 Å². The summed E-state index contributed by atoms with van der Waals surface area (Å²) in [5, 5.41) is 9.01. The van der Waals surface area contributed by atoms with E-state index in [1.54, 1.807) is 6.08 Å². The number of hydrogen-bond donors (Lipinski definition) is 1. The third kappa shape index (κ3) is 3.59. The third-order valence-electron chi connectivity index (χ3n) is 1.69. The number of allylic oxidation sites excluding steroid dienone is 1. The molecule has 1 nitrogen and oxygen atoms in total. The van der Waals surface area contributed by atoms with E-state index in [4.69, 9.17) is 11.5 Å². The quantitative estimate of drug-likeness (QED) is 0.544. The van der Waals surface area contributed by atoms with Crippen molar-refractivity contribution in [2.45, 2.75) is 12.5 Å². The maximum absolute atomic E-state index is 9.01. The maximum atomic E-state index is 9.01. The summed E-state index contributed by atoms with van der Waals surface area (Å²) in [5.41, 5.74) is 1.21. The zero-order valence-corrected chi connectivity index (χ0v) is 7.35. The molecular weight excluding hydrogens is 160 g/mol. The lowest BCUT2D eigenvalue weighted by atomic mass is 10.1. The Kier molecular flexibility index (Phi) is 3.81. The lowest BCUT2D eigenvalue weighted by Crippen LogP contribution is -1.95. The van der Waals surface area contributed by atoms with Gasteiger partial charge in [-0.05, 0) is 18.1 Å². The van der Waals surface area contributed by atoms with Crippen LogP contribution in [0.1, 0.15) is 5.56 Å². The predicted molar refractivity (Wildman–Crippen MR) is 54.1 cm³/mol. The van der Waals surface area contributed by atoms with E-state index in [0.29, 0.717) is 0 Å². The molecule has 0 heterocycles. The zero-order valence-electron chi connectivity index (χ0n) is 7.35. The average Bonchev–Trinajstić information content (AvgIpc) is 2.19. The number of hydrogen-bond acceptors (Lipinski definition) is 1. The van der Waals surface area contributed by atoms with Crippen LogP contribution in [0, 0.1) is 12.3 Å². The van der Waals surface area contributed by atoms with E-state index in [-0.39, 0.29) is 0 Å². The van der Waals surface area contributed by atoms with E-state index in [1.807, 2.05) is 36.4 Å². The van der Waals surface area contributed by atoms with Crippen molar-refractivity contribution in [1.29, 1.82) is 0 Å². The Morgan fingerprint density at radius 2 is 2.08 bits per heavy atom. The van der Waals surface area contributed by atoms with Crippen LogP contribution in [-0.4, -0.2) is 11.2 Å². The van der Waals surface area contributed by atoms with Crippen LogP contribution < -0.4 is 0 Å². The van der Waals surface area contributed by atoms with Crippen molar-refractivity contribution in [2.24, 2.45) is 0 Å². The molecule has 1 aromatic carbocycles. The van der Waals surface area contributed by atoms with Crippen LogP contribution in [0.3, 0.4) is 0 Å². The molecule has 1 atom stereocenters. The Labute approximate surface area is 78.7 Å². The van der Waals surface area contributed by atoms with Crippen LogP contribution in [0.5, 0.6) is 0 Å². The van der Waals surface area contributed by atoms with E-state index >= 15 is 0 Å². The summed E-state index contributed by atoms with van der Waals surface area (Å²) in [5.74, 6) is 2.22. The van der Waals surface area contributed by atoms with Gasteiger partial charge >= 0.3 is 0 Å². The van der Waals surface area contributed by atoms with Gasteiger partial charge < -0.3 is 5.11 Å². The minimum Gasteiger partial charge on any atom is -0.377 e. The first-order valence-corrected chi connectivity index (χ1v) is 4.17. The average molecular weight is 172 g/mol. The Hall–Kier alpha value is -1.52. The van der Waals surface area contributed by atoms with E-state index in [9.17, 15) is 0 Å². The van der Waals surface area contributed by atoms with Crippen molar-refractivity contribution in [3.05, 3.63) is 48.0 Å².